The highest BCUT2D eigenvalue weighted by molar-refractivity contribution is 6.30. The number of amides is 2. The first-order valence-electron chi connectivity index (χ1n) is 8.86. The van der Waals surface area contributed by atoms with Crippen molar-refractivity contribution in [2.24, 2.45) is 11.8 Å². The number of nitrogens with one attached hydrogen (secondary N) is 2. The summed E-state index contributed by atoms with van der Waals surface area (Å²) in [5.74, 6) is -0.0493. The Kier molecular flexibility index (Phi) is 6.23. The average Bonchev–Trinajstić information content (AvgIpc) is 2.67. The van der Waals surface area contributed by atoms with E-state index in [1.54, 1.807) is 24.4 Å². The zero-order valence-electron chi connectivity index (χ0n) is 14.5. The van der Waals surface area contributed by atoms with Crippen molar-refractivity contribution >= 4 is 29.1 Å². The molecule has 26 heavy (non-hydrogen) atoms. The minimum atomic E-state index is -0.0613. The van der Waals surface area contributed by atoms with Crippen LogP contribution in [0.15, 0.2) is 48.7 Å². The molecular weight excluding hydrogens is 350 g/mol. The molecule has 0 atom stereocenters. The third-order valence-corrected chi connectivity index (χ3v) is 4.97. The van der Waals surface area contributed by atoms with Gasteiger partial charge in [-0.15, -0.1) is 0 Å². The van der Waals surface area contributed by atoms with Crippen molar-refractivity contribution in [1.82, 2.24) is 10.3 Å². The molecule has 1 aromatic carbocycles. The van der Waals surface area contributed by atoms with Gasteiger partial charge in [-0.1, -0.05) is 23.7 Å². The number of hydrogen-bond donors (Lipinski definition) is 2. The molecule has 1 aromatic heterocycles. The van der Waals surface area contributed by atoms with Crippen LogP contribution < -0.4 is 10.6 Å². The largest absolute Gasteiger partial charge is 0.350 e. The monoisotopic (exact) mass is 371 g/mol. The average molecular weight is 372 g/mol. The van der Waals surface area contributed by atoms with E-state index in [1.807, 2.05) is 24.3 Å². The van der Waals surface area contributed by atoms with Gasteiger partial charge in [-0.05, 0) is 56.0 Å². The second kappa shape index (κ2) is 8.81. The zero-order valence-corrected chi connectivity index (χ0v) is 15.2. The number of hydrogen-bond acceptors (Lipinski definition) is 3. The summed E-state index contributed by atoms with van der Waals surface area (Å²) in [4.78, 5) is 28.9. The lowest BCUT2D eigenvalue weighted by Gasteiger charge is -2.27. The van der Waals surface area contributed by atoms with Gasteiger partial charge in [0.05, 0.1) is 12.2 Å². The van der Waals surface area contributed by atoms with Crippen LogP contribution in [0.3, 0.4) is 0 Å². The predicted molar refractivity (Wildman–Crippen MR) is 102 cm³/mol. The molecule has 5 nitrogen and oxygen atoms in total. The minimum absolute atomic E-state index is 0.000361. The van der Waals surface area contributed by atoms with Gasteiger partial charge in [0.15, 0.2) is 0 Å². The number of nitrogens with zero attached hydrogens (tertiary/aromatic N) is 1. The quantitative estimate of drug-likeness (QED) is 0.839. The Bertz CT molecular complexity index is 759. The molecule has 0 aliphatic heterocycles. The van der Waals surface area contributed by atoms with Crippen molar-refractivity contribution in [2.75, 3.05) is 5.32 Å². The van der Waals surface area contributed by atoms with E-state index in [2.05, 4.69) is 15.6 Å². The van der Waals surface area contributed by atoms with Crippen LogP contribution in [0.1, 0.15) is 31.4 Å². The zero-order chi connectivity index (χ0) is 18.4. The molecule has 0 radical (unpaired) electrons. The van der Waals surface area contributed by atoms with E-state index in [4.69, 9.17) is 11.6 Å². The molecule has 2 N–H and O–H groups in total. The maximum absolute atomic E-state index is 12.4. The van der Waals surface area contributed by atoms with E-state index in [1.165, 1.54) is 0 Å². The Morgan fingerprint density at radius 2 is 1.73 bits per heavy atom. The maximum atomic E-state index is 12.4. The lowest BCUT2D eigenvalue weighted by molar-refractivity contribution is -0.128. The van der Waals surface area contributed by atoms with Crippen molar-refractivity contribution in [2.45, 2.75) is 32.2 Å². The number of benzene rings is 1. The van der Waals surface area contributed by atoms with Crippen LogP contribution in [0.5, 0.6) is 0 Å². The number of halogens is 1. The van der Waals surface area contributed by atoms with Gasteiger partial charge in [0.25, 0.3) is 0 Å². The summed E-state index contributed by atoms with van der Waals surface area (Å²) in [5.41, 5.74) is 1.55. The molecule has 1 saturated carbocycles. The topological polar surface area (TPSA) is 71.1 Å². The molecule has 1 heterocycles. The summed E-state index contributed by atoms with van der Waals surface area (Å²) in [5, 5.41) is 6.45. The highest BCUT2D eigenvalue weighted by Gasteiger charge is 2.29. The number of carbonyl (C=O) groups is 2. The molecule has 1 aliphatic rings. The van der Waals surface area contributed by atoms with E-state index < -0.39 is 0 Å². The van der Waals surface area contributed by atoms with Gasteiger partial charge in [0, 0.05) is 28.7 Å². The first-order valence-corrected chi connectivity index (χ1v) is 9.23. The summed E-state index contributed by atoms with van der Waals surface area (Å²) in [6, 6.07) is 12.8. The second-order valence-corrected chi connectivity index (χ2v) is 7.02. The molecular formula is C20H22ClN3O2. The standard InChI is InChI=1S/C20H22ClN3O2/c21-16-4-3-6-17(12-16)24-20(26)15-9-7-14(8-10-15)19(25)23-13-18-5-1-2-11-22-18/h1-6,11-12,14-15H,7-10,13H2,(H,23,25)(H,24,26). The summed E-state index contributed by atoms with van der Waals surface area (Å²) < 4.78 is 0. The molecule has 2 amide bonds. The third-order valence-electron chi connectivity index (χ3n) is 4.73. The SMILES string of the molecule is O=C(NCc1ccccn1)C1CCC(C(=O)Nc2cccc(Cl)c2)CC1. The summed E-state index contributed by atoms with van der Waals surface area (Å²) in [6.07, 6.45) is 4.59. The van der Waals surface area contributed by atoms with Gasteiger partial charge in [-0.2, -0.15) is 0 Å². The second-order valence-electron chi connectivity index (χ2n) is 6.59. The Balaban J connectivity index is 1.44. The van der Waals surface area contributed by atoms with Crippen LogP contribution in [0.4, 0.5) is 5.69 Å². The van der Waals surface area contributed by atoms with Gasteiger partial charge < -0.3 is 10.6 Å². The number of rotatable bonds is 5. The van der Waals surface area contributed by atoms with Crippen molar-refractivity contribution in [3.8, 4) is 0 Å². The molecule has 2 aromatic rings. The van der Waals surface area contributed by atoms with E-state index in [-0.39, 0.29) is 23.7 Å². The number of aromatic nitrogens is 1. The molecule has 0 spiro atoms. The summed E-state index contributed by atoms with van der Waals surface area (Å²) in [6.45, 7) is 0.439. The van der Waals surface area contributed by atoms with E-state index in [0.717, 1.165) is 18.5 Å². The van der Waals surface area contributed by atoms with E-state index in [9.17, 15) is 9.59 Å². The molecule has 136 valence electrons. The van der Waals surface area contributed by atoms with Crippen LogP contribution in [0.2, 0.25) is 5.02 Å². The lowest BCUT2D eigenvalue weighted by Crippen LogP contribution is -2.35. The predicted octanol–water partition coefficient (Wildman–Crippen LogP) is 3.80. The highest BCUT2D eigenvalue weighted by atomic mass is 35.5. The molecule has 0 unspecified atom stereocenters. The molecule has 6 heteroatoms. The lowest BCUT2D eigenvalue weighted by atomic mass is 9.81. The first kappa shape index (κ1) is 18.4. The minimum Gasteiger partial charge on any atom is -0.350 e. The Hall–Kier alpha value is -2.40. The van der Waals surface area contributed by atoms with Crippen LogP contribution in [-0.4, -0.2) is 16.8 Å². The normalized spacial score (nSPS) is 19.6. The van der Waals surface area contributed by atoms with Crippen LogP contribution in [-0.2, 0) is 16.1 Å². The number of pyridine rings is 1. The van der Waals surface area contributed by atoms with Gasteiger partial charge in [0.1, 0.15) is 0 Å². The molecule has 3 rings (SSSR count). The summed E-state index contributed by atoms with van der Waals surface area (Å²) >= 11 is 5.94. The van der Waals surface area contributed by atoms with E-state index in [0.29, 0.717) is 30.1 Å². The number of carbonyl (C=O) groups excluding carboxylic acids is 2. The van der Waals surface area contributed by atoms with Crippen molar-refractivity contribution < 1.29 is 9.59 Å². The van der Waals surface area contributed by atoms with Gasteiger partial charge in [-0.25, -0.2) is 0 Å². The van der Waals surface area contributed by atoms with Crippen LogP contribution >= 0.6 is 11.6 Å². The van der Waals surface area contributed by atoms with Gasteiger partial charge in [-0.3, -0.25) is 14.6 Å². The molecule has 0 saturated heterocycles. The highest BCUT2D eigenvalue weighted by Crippen LogP contribution is 2.30. The van der Waals surface area contributed by atoms with Crippen LogP contribution in [0.25, 0.3) is 0 Å². The van der Waals surface area contributed by atoms with Crippen molar-refractivity contribution in [3.63, 3.8) is 0 Å². The smallest absolute Gasteiger partial charge is 0.227 e. The number of anilines is 1. The van der Waals surface area contributed by atoms with Gasteiger partial charge in [0.2, 0.25) is 11.8 Å². The van der Waals surface area contributed by atoms with Gasteiger partial charge >= 0.3 is 0 Å². The molecule has 1 aliphatic carbocycles. The summed E-state index contributed by atoms with van der Waals surface area (Å²) in [7, 11) is 0. The Labute approximate surface area is 158 Å². The van der Waals surface area contributed by atoms with Crippen molar-refractivity contribution in [1.29, 1.82) is 0 Å². The van der Waals surface area contributed by atoms with Crippen LogP contribution in [0, 0.1) is 11.8 Å². The fourth-order valence-electron chi connectivity index (χ4n) is 3.25. The maximum Gasteiger partial charge on any atom is 0.227 e. The fourth-order valence-corrected chi connectivity index (χ4v) is 3.44. The van der Waals surface area contributed by atoms with Crippen molar-refractivity contribution in [3.05, 3.63) is 59.4 Å². The Morgan fingerprint density at radius 1 is 1.00 bits per heavy atom. The molecule has 0 bridgehead atoms. The first-order chi connectivity index (χ1) is 12.6. The van der Waals surface area contributed by atoms with E-state index >= 15 is 0 Å². The Morgan fingerprint density at radius 3 is 2.38 bits per heavy atom. The molecule has 1 fully saturated rings. The third kappa shape index (κ3) is 5.05. The fraction of sp³-hybridized carbons (Fsp3) is 0.350.